The second-order valence-corrected chi connectivity index (χ2v) is 4.71. The van der Waals surface area contributed by atoms with Gasteiger partial charge in [0, 0.05) is 12.1 Å². The van der Waals surface area contributed by atoms with E-state index in [2.05, 4.69) is 9.97 Å². The first-order valence-electron chi connectivity index (χ1n) is 6.07. The van der Waals surface area contributed by atoms with Crippen molar-refractivity contribution < 1.29 is 13.2 Å². The van der Waals surface area contributed by atoms with Gasteiger partial charge >= 0.3 is 6.18 Å². The summed E-state index contributed by atoms with van der Waals surface area (Å²) in [6, 6.07) is 6.79. The van der Waals surface area contributed by atoms with Gasteiger partial charge in [-0.15, -0.1) is 0 Å². The number of nitrogens with zero attached hydrogens (tertiary/aromatic N) is 2. The summed E-state index contributed by atoms with van der Waals surface area (Å²) in [6.45, 7) is 1.92. The first kappa shape index (κ1) is 14.8. The molecule has 106 valence electrons. The van der Waals surface area contributed by atoms with Crippen molar-refractivity contribution in [3.63, 3.8) is 0 Å². The fourth-order valence-corrected chi connectivity index (χ4v) is 2.04. The number of halogens is 4. The van der Waals surface area contributed by atoms with E-state index in [0.29, 0.717) is 23.0 Å². The summed E-state index contributed by atoms with van der Waals surface area (Å²) in [7, 11) is 0. The third kappa shape index (κ3) is 3.70. The highest BCUT2D eigenvalue weighted by atomic mass is 35.5. The minimum absolute atomic E-state index is 0.220. The highest BCUT2D eigenvalue weighted by molar-refractivity contribution is 6.29. The van der Waals surface area contributed by atoms with Crippen LogP contribution >= 0.6 is 11.6 Å². The molecule has 0 bridgehead atoms. The molecular formula is C14H12ClF3N2. The predicted octanol–water partition coefficient (Wildman–Crippen LogP) is 4.30. The van der Waals surface area contributed by atoms with E-state index < -0.39 is 11.7 Å². The van der Waals surface area contributed by atoms with Gasteiger partial charge in [0.15, 0.2) is 0 Å². The highest BCUT2D eigenvalue weighted by Gasteiger charge is 2.30. The van der Waals surface area contributed by atoms with Crippen LogP contribution in [0.15, 0.2) is 30.3 Å². The van der Waals surface area contributed by atoms with Crippen LogP contribution in [0.3, 0.4) is 0 Å². The van der Waals surface area contributed by atoms with Gasteiger partial charge < -0.3 is 0 Å². The average molecular weight is 301 g/mol. The fourth-order valence-electron chi connectivity index (χ4n) is 1.82. The SMILES string of the molecule is CCc1cc(Cl)nc(Cc2cccc(C(F)(F)F)c2)n1. The van der Waals surface area contributed by atoms with E-state index in [1.165, 1.54) is 6.07 Å². The molecule has 0 aliphatic heterocycles. The molecule has 20 heavy (non-hydrogen) atoms. The van der Waals surface area contributed by atoms with Crippen LogP contribution in [0.2, 0.25) is 5.15 Å². The zero-order chi connectivity index (χ0) is 14.8. The summed E-state index contributed by atoms with van der Waals surface area (Å²) < 4.78 is 37.9. The summed E-state index contributed by atoms with van der Waals surface area (Å²) in [5, 5.41) is 0.304. The van der Waals surface area contributed by atoms with Crippen LogP contribution in [0, 0.1) is 0 Å². The molecule has 0 unspecified atom stereocenters. The molecule has 2 aromatic rings. The lowest BCUT2D eigenvalue weighted by molar-refractivity contribution is -0.137. The molecule has 0 radical (unpaired) electrons. The molecule has 0 amide bonds. The standard InChI is InChI=1S/C14H12ClF3N2/c1-2-11-8-12(15)20-13(19-11)7-9-4-3-5-10(6-9)14(16,17)18/h3-6,8H,2,7H2,1H3. The van der Waals surface area contributed by atoms with E-state index >= 15 is 0 Å². The van der Waals surface area contributed by atoms with Crippen LogP contribution in [0.4, 0.5) is 13.2 Å². The Morgan fingerprint density at radius 1 is 1.15 bits per heavy atom. The van der Waals surface area contributed by atoms with E-state index in [1.807, 2.05) is 6.92 Å². The van der Waals surface area contributed by atoms with E-state index in [0.717, 1.165) is 17.8 Å². The molecule has 0 atom stereocenters. The quantitative estimate of drug-likeness (QED) is 0.790. The van der Waals surface area contributed by atoms with Gasteiger partial charge in [0.2, 0.25) is 0 Å². The van der Waals surface area contributed by atoms with Crippen molar-refractivity contribution in [2.45, 2.75) is 25.9 Å². The molecule has 1 aromatic heterocycles. The monoisotopic (exact) mass is 300 g/mol. The molecule has 0 aliphatic rings. The van der Waals surface area contributed by atoms with Crippen molar-refractivity contribution in [1.82, 2.24) is 9.97 Å². The van der Waals surface area contributed by atoms with Crippen LogP contribution in [0.5, 0.6) is 0 Å². The Labute approximate surface area is 119 Å². The van der Waals surface area contributed by atoms with Crippen LogP contribution in [-0.4, -0.2) is 9.97 Å². The number of aryl methyl sites for hydroxylation is 1. The van der Waals surface area contributed by atoms with E-state index in [-0.39, 0.29) is 6.42 Å². The van der Waals surface area contributed by atoms with Gasteiger partial charge in [-0.25, -0.2) is 9.97 Å². The topological polar surface area (TPSA) is 25.8 Å². The zero-order valence-corrected chi connectivity index (χ0v) is 11.5. The Hall–Kier alpha value is -1.62. The van der Waals surface area contributed by atoms with E-state index in [4.69, 9.17) is 11.6 Å². The predicted molar refractivity (Wildman–Crippen MR) is 70.7 cm³/mol. The molecule has 0 aliphatic carbocycles. The Balaban J connectivity index is 2.28. The normalized spacial score (nSPS) is 11.7. The highest BCUT2D eigenvalue weighted by Crippen LogP contribution is 2.29. The molecule has 0 spiro atoms. The molecule has 2 nitrogen and oxygen atoms in total. The molecule has 6 heteroatoms. The maximum Gasteiger partial charge on any atom is 0.416 e. The van der Waals surface area contributed by atoms with Gasteiger partial charge in [-0.3, -0.25) is 0 Å². The summed E-state index contributed by atoms with van der Waals surface area (Å²) in [6.07, 6.45) is -3.44. The van der Waals surface area contributed by atoms with E-state index in [1.54, 1.807) is 12.1 Å². The molecule has 0 saturated carbocycles. The molecule has 0 fully saturated rings. The van der Waals surface area contributed by atoms with Crippen molar-refractivity contribution in [1.29, 1.82) is 0 Å². The lowest BCUT2D eigenvalue weighted by Gasteiger charge is -2.09. The van der Waals surface area contributed by atoms with Gasteiger partial charge in [-0.2, -0.15) is 13.2 Å². The molecule has 0 saturated heterocycles. The molecule has 1 heterocycles. The second-order valence-electron chi connectivity index (χ2n) is 4.33. The van der Waals surface area contributed by atoms with Gasteiger partial charge in [-0.1, -0.05) is 36.7 Å². The van der Waals surface area contributed by atoms with Gasteiger partial charge in [-0.05, 0) is 24.1 Å². The largest absolute Gasteiger partial charge is 0.416 e. The minimum atomic E-state index is -4.35. The smallest absolute Gasteiger partial charge is 0.237 e. The Morgan fingerprint density at radius 2 is 1.90 bits per heavy atom. The van der Waals surface area contributed by atoms with Gasteiger partial charge in [0.25, 0.3) is 0 Å². The van der Waals surface area contributed by atoms with Crippen LogP contribution in [0.1, 0.15) is 29.6 Å². The lowest BCUT2D eigenvalue weighted by Crippen LogP contribution is -2.06. The van der Waals surface area contributed by atoms with Crippen molar-refractivity contribution in [2.75, 3.05) is 0 Å². The number of alkyl halides is 3. The summed E-state index contributed by atoms with van der Waals surface area (Å²) in [4.78, 5) is 8.30. The molecule has 1 aromatic carbocycles. The number of benzene rings is 1. The summed E-state index contributed by atoms with van der Waals surface area (Å²) >= 11 is 5.87. The molecule has 0 N–H and O–H groups in total. The van der Waals surface area contributed by atoms with Crippen molar-refractivity contribution in [3.8, 4) is 0 Å². The summed E-state index contributed by atoms with van der Waals surface area (Å²) in [5.74, 6) is 0.425. The average Bonchev–Trinajstić information content (AvgIpc) is 2.37. The number of hydrogen-bond acceptors (Lipinski definition) is 2. The number of hydrogen-bond donors (Lipinski definition) is 0. The fraction of sp³-hybridized carbons (Fsp3) is 0.286. The van der Waals surface area contributed by atoms with Crippen molar-refractivity contribution in [3.05, 3.63) is 58.1 Å². The van der Waals surface area contributed by atoms with Crippen molar-refractivity contribution >= 4 is 11.6 Å². The lowest BCUT2D eigenvalue weighted by atomic mass is 10.1. The van der Waals surface area contributed by atoms with Gasteiger partial charge in [0.1, 0.15) is 11.0 Å². The zero-order valence-electron chi connectivity index (χ0n) is 10.7. The van der Waals surface area contributed by atoms with Crippen LogP contribution in [-0.2, 0) is 19.0 Å². The third-order valence-corrected chi connectivity index (χ3v) is 2.97. The number of rotatable bonds is 3. The maximum atomic E-state index is 12.6. The first-order chi connectivity index (χ1) is 9.38. The first-order valence-corrected chi connectivity index (χ1v) is 6.44. The third-order valence-electron chi connectivity index (χ3n) is 2.77. The second kappa shape index (κ2) is 5.79. The minimum Gasteiger partial charge on any atom is -0.237 e. The Morgan fingerprint density at radius 3 is 2.55 bits per heavy atom. The maximum absolute atomic E-state index is 12.6. The summed E-state index contributed by atoms with van der Waals surface area (Å²) in [5.41, 5.74) is 0.601. The number of aromatic nitrogens is 2. The Kier molecular flexibility index (Phi) is 4.28. The van der Waals surface area contributed by atoms with Crippen molar-refractivity contribution in [2.24, 2.45) is 0 Å². The van der Waals surface area contributed by atoms with Crippen LogP contribution in [0.25, 0.3) is 0 Å². The molecule has 2 rings (SSSR count). The van der Waals surface area contributed by atoms with Gasteiger partial charge in [0.05, 0.1) is 5.56 Å². The Bertz CT molecular complexity index is 612. The van der Waals surface area contributed by atoms with E-state index in [9.17, 15) is 13.2 Å². The van der Waals surface area contributed by atoms with Crippen LogP contribution < -0.4 is 0 Å². The molecular weight excluding hydrogens is 289 g/mol.